The fourth-order valence-corrected chi connectivity index (χ4v) is 0.276. The lowest BCUT2D eigenvalue weighted by Crippen LogP contribution is -1.87. The molecule has 0 bridgehead atoms. The molecule has 3 heteroatoms. The summed E-state index contributed by atoms with van der Waals surface area (Å²) < 4.78 is 0. The van der Waals surface area contributed by atoms with Crippen LogP contribution in [0.1, 0.15) is 0 Å². The van der Waals surface area contributed by atoms with Crippen LogP contribution >= 0.6 is 12.2 Å². The zero-order chi connectivity index (χ0) is 4.41. The van der Waals surface area contributed by atoms with Gasteiger partial charge >= 0.3 is 0 Å². The van der Waals surface area contributed by atoms with Gasteiger partial charge in [0.1, 0.15) is 6.21 Å². The molecule has 29 valence electrons. The highest BCUT2D eigenvalue weighted by Gasteiger charge is 1.89. The Morgan fingerprint density at radius 2 is 2.67 bits per heavy atom. The summed E-state index contributed by atoms with van der Waals surface area (Å²) in [5.41, 5.74) is 0. The lowest BCUT2D eigenvalue weighted by molar-refractivity contribution is 1.29. The van der Waals surface area contributed by atoms with Crippen molar-refractivity contribution in [2.24, 2.45) is 10.2 Å². The Morgan fingerprint density at radius 3 is 2.83 bits per heavy atom. The minimum atomic E-state index is 0.579. The Labute approximate surface area is 40.6 Å². The first-order valence-corrected chi connectivity index (χ1v) is 1.83. The Balaban J connectivity index is 2.86. The molecule has 0 amide bonds. The van der Waals surface area contributed by atoms with Crippen LogP contribution in [0.2, 0.25) is 0 Å². The topological polar surface area (TPSA) is 24.7 Å². The van der Waals surface area contributed by atoms with E-state index < -0.39 is 0 Å². The van der Waals surface area contributed by atoms with Crippen LogP contribution in [-0.2, 0) is 0 Å². The van der Waals surface area contributed by atoms with Crippen molar-refractivity contribution in [1.29, 1.82) is 0 Å². The highest BCUT2D eigenvalue weighted by Crippen LogP contribution is 1.79. The van der Waals surface area contributed by atoms with Crippen LogP contribution in [0.25, 0.3) is 0 Å². The van der Waals surface area contributed by atoms with Crippen molar-refractivity contribution >= 4 is 29.5 Å². The van der Waals surface area contributed by atoms with Crippen LogP contribution in [0.15, 0.2) is 10.2 Å². The summed E-state index contributed by atoms with van der Waals surface area (Å²) >= 11 is 4.56. The van der Waals surface area contributed by atoms with Gasteiger partial charge in [-0.25, -0.2) is 0 Å². The van der Waals surface area contributed by atoms with E-state index in [1.165, 1.54) is 6.21 Å². The molecule has 0 aromatic rings. The molecule has 6 heavy (non-hydrogen) atoms. The van der Waals surface area contributed by atoms with Crippen LogP contribution in [0.4, 0.5) is 0 Å². The molecule has 1 rings (SSSR count). The molecule has 0 N–H and O–H groups in total. The first-order valence-electron chi connectivity index (χ1n) is 1.42. The number of rotatable bonds is 0. The van der Waals surface area contributed by atoms with Gasteiger partial charge in [0.2, 0.25) is 0 Å². The molecule has 0 saturated carbocycles. The summed E-state index contributed by atoms with van der Waals surface area (Å²) in [6.07, 6.45) is 3.94. The van der Waals surface area contributed by atoms with E-state index in [4.69, 9.17) is 0 Å². The van der Waals surface area contributed by atoms with Crippen molar-refractivity contribution < 1.29 is 0 Å². The van der Waals surface area contributed by atoms with Gasteiger partial charge in [0.15, 0.2) is 0 Å². The smallest absolute Gasteiger partial charge is 0.134 e. The normalized spacial score (nSPS) is 17.0. The third-order valence-corrected chi connectivity index (χ3v) is 0.590. The monoisotopic (exact) mass is 97.0 g/mol. The zero-order valence-corrected chi connectivity index (χ0v) is 3.70. The van der Waals surface area contributed by atoms with Crippen molar-refractivity contribution in [2.75, 3.05) is 0 Å². The van der Waals surface area contributed by atoms with Gasteiger partial charge in [0.05, 0.1) is 11.1 Å². The van der Waals surface area contributed by atoms with Crippen molar-refractivity contribution in [3.8, 4) is 0 Å². The summed E-state index contributed by atoms with van der Waals surface area (Å²) in [6, 6.07) is 0. The Morgan fingerprint density at radius 1 is 1.83 bits per heavy atom. The van der Waals surface area contributed by atoms with Crippen LogP contribution in [0, 0.1) is 0 Å². The first kappa shape index (κ1) is 3.61. The molecule has 0 aliphatic carbocycles. The number of nitrogens with zero attached hydrogens (tertiary/aromatic N) is 2. The van der Waals surface area contributed by atoms with Crippen molar-refractivity contribution in [3.05, 3.63) is 0 Å². The van der Waals surface area contributed by atoms with E-state index in [0.29, 0.717) is 4.86 Å². The number of thiocarbonyl (C=S) groups is 1. The minimum Gasteiger partial charge on any atom is -0.157 e. The molecular weight excluding hydrogens is 96.1 g/mol. The maximum Gasteiger partial charge on any atom is 0.134 e. The fraction of sp³-hybridized carbons (Fsp3) is 0. The van der Waals surface area contributed by atoms with E-state index in [1.807, 2.05) is 0 Å². The van der Waals surface area contributed by atoms with E-state index in [0.717, 1.165) is 0 Å². The molecule has 0 fully saturated rings. The average Bonchev–Trinajstić information content (AvgIpc) is 1.86. The van der Waals surface area contributed by atoms with Gasteiger partial charge in [-0.3, -0.25) is 0 Å². The molecule has 0 aromatic heterocycles. The standard InChI is InChI=1S/C3HN2S/c6-3-1-4-5-2-3/h1H. The molecule has 1 aliphatic rings. The van der Waals surface area contributed by atoms with Crippen molar-refractivity contribution in [2.45, 2.75) is 0 Å². The summed E-state index contributed by atoms with van der Waals surface area (Å²) in [4.78, 5) is 0.579. The third-order valence-electron chi connectivity index (χ3n) is 0.393. The van der Waals surface area contributed by atoms with Crippen molar-refractivity contribution in [1.82, 2.24) is 0 Å². The highest BCUT2D eigenvalue weighted by atomic mass is 32.1. The molecule has 0 saturated heterocycles. The summed E-state index contributed by atoms with van der Waals surface area (Å²) in [7, 11) is 0. The third kappa shape index (κ3) is 0.490. The molecule has 2 nitrogen and oxygen atoms in total. The highest BCUT2D eigenvalue weighted by molar-refractivity contribution is 7.83. The second-order valence-corrected chi connectivity index (χ2v) is 1.26. The second-order valence-electron chi connectivity index (χ2n) is 0.821. The molecule has 0 unspecified atom stereocenters. The predicted molar refractivity (Wildman–Crippen MR) is 28.5 cm³/mol. The van der Waals surface area contributed by atoms with E-state index in [9.17, 15) is 0 Å². The Hall–Kier alpha value is -0.570. The van der Waals surface area contributed by atoms with Crippen LogP contribution in [-0.4, -0.2) is 17.3 Å². The van der Waals surface area contributed by atoms with Gasteiger partial charge in [-0.15, -0.1) is 5.10 Å². The molecule has 0 spiro atoms. The molecule has 1 radical (unpaired) electrons. The van der Waals surface area contributed by atoms with Crippen LogP contribution in [0.5, 0.6) is 0 Å². The molecule has 0 atom stereocenters. The molecule has 0 aromatic carbocycles. The largest absolute Gasteiger partial charge is 0.157 e. The zero-order valence-electron chi connectivity index (χ0n) is 2.88. The summed E-state index contributed by atoms with van der Waals surface area (Å²) in [5.74, 6) is 0. The van der Waals surface area contributed by atoms with E-state index in [1.54, 1.807) is 0 Å². The van der Waals surface area contributed by atoms with E-state index in [2.05, 4.69) is 28.6 Å². The Bertz CT molecular complexity index is 111. The molecular formula is C3HN2S. The number of hydrogen-bond donors (Lipinski definition) is 0. The molecule has 1 aliphatic heterocycles. The van der Waals surface area contributed by atoms with Crippen LogP contribution < -0.4 is 0 Å². The fourth-order valence-electron chi connectivity index (χ4n) is 0.188. The van der Waals surface area contributed by atoms with Gasteiger partial charge < -0.3 is 0 Å². The lowest BCUT2D eigenvalue weighted by atomic mass is 10.5. The summed E-state index contributed by atoms with van der Waals surface area (Å²) in [5, 5.41) is 6.75. The minimum absolute atomic E-state index is 0.579. The number of hydrogen-bond acceptors (Lipinski definition) is 3. The van der Waals surface area contributed by atoms with Gasteiger partial charge in [0, 0.05) is 0 Å². The maximum absolute atomic E-state index is 4.56. The van der Waals surface area contributed by atoms with Gasteiger partial charge in [0.25, 0.3) is 0 Å². The second kappa shape index (κ2) is 1.26. The van der Waals surface area contributed by atoms with E-state index >= 15 is 0 Å². The van der Waals surface area contributed by atoms with Gasteiger partial charge in [-0.05, 0) is 0 Å². The maximum atomic E-state index is 4.56. The Kier molecular flexibility index (Phi) is 0.759. The van der Waals surface area contributed by atoms with Crippen LogP contribution in [0.3, 0.4) is 0 Å². The summed E-state index contributed by atoms with van der Waals surface area (Å²) in [6.45, 7) is 0. The van der Waals surface area contributed by atoms with E-state index in [-0.39, 0.29) is 0 Å². The first-order chi connectivity index (χ1) is 2.89. The average molecular weight is 97.1 g/mol. The van der Waals surface area contributed by atoms with Crippen molar-refractivity contribution in [3.63, 3.8) is 0 Å². The quantitative estimate of drug-likeness (QED) is 0.399. The van der Waals surface area contributed by atoms with Gasteiger partial charge in [-0.2, -0.15) is 5.10 Å². The SMILES string of the molecule is S=C1[C]=NN=C1. The molecule has 1 heterocycles. The van der Waals surface area contributed by atoms with Gasteiger partial charge in [-0.1, -0.05) is 12.2 Å². The predicted octanol–water partition coefficient (Wildman–Crippen LogP) is 0.303. The lowest BCUT2D eigenvalue weighted by Gasteiger charge is -1.59.